The molecule has 16 heavy (non-hydrogen) atoms. The number of hydrogen-bond acceptors (Lipinski definition) is 4. The number of amides is 1. The van der Waals surface area contributed by atoms with Crippen LogP contribution in [0, 0.1) is 6.92 Å². The molecule has 0 aliphatic rings. The van der Waals surface area contributed by atoms with Crippen molar-refractivity contribution in [2.45, 2.75) is 6.92 Å². The first kappa shape index (κ1) is 10.2. The molecule has 0 bridgehead atoms. The maximum absolute atomic E-state index is 11.7. The molecule has 5 heteroatoms. The fourth-order valence-electron chi connectivity index (χ4n) is 1.29. The molecule has 0 aliphatic carbocycles. The lowest BCUT2D eigenvalue weighted by Crippen LogP contribution is -2.12. The Morgan fingerprint density at radius 3 is 2.88 bits per heavy atom. The number of carbonyl (C=O) groups is 1. The van der Waals surface area contributed by atoms with E-state index in [1.165, 1.54) is 0 Å². The van der Waals surface area contributed by atoms with Crippen LogP contribution in [-0.2, 0) is 0 Å². The van der Waals surface area contributed by atoms with Crippen molar-refractivity contribution in [3.05, 3.63) is 41.7 Å². The minimum atomic E-state index is -0.263. The summed E-state index contributed by atoms with van der Waals surface area (Å²) in [5.74, 6) is 0.772. The van der Waals surface area contributed by atoms with Gasteiger partial charge in [0.15, 0.2) is 5.82 Å². The Hall–Kier alpha value is -2.30. The van der Waals surface area contributed by atoms with Crippen molar-refractivity contribution < 1.29 is 9.32 Å². The largest absolute Gasteiger partial charge is 0.399 e. The molecule has 0 unspecified atom stereocenters. The van der Waals surface area contributed by atoms with Gasteiger partial charge in [-0.05, 0) is 25.1 Å². The van der Waals surface area contributed by atoms with E-state index in [-0.39, 0.29) is 5.91 Å². The van der Waals surface area contributed by atoms with Gasteiger partial charge in [-0.1, -0.05) is 11.2 Å². The van der Waals surface area contributed by atoms with Crippen molar-refractivity contribution in [3.63, 3.8) is 0 Å². The Balaban J connectivity index is 2.14. The van der Waals surface area contributed by atoms with Crippen molar-refractivity contribution in [1.82, 2.24) is 5.16 Å². The third kappa shape index (κ3) is 2.20. The Labute approximate surface area is 92.2 Å². The average Bonchev–Trinajstić information content (AvgIpc) is 2.64. The SMILES string of the molecule is Cc1cc(NC(=O)c2cccc(N)c2)no1. The van der Waals surface area contributed by atoms with E-state index in [1.54, 1.807) is 37.3 Å². The summed E-state index contributed by atoms with van der Waals surface area (Å²) in [4.78, 5) is 11.7. The predicted octanol–water partition coefficient (Wildman–Crippen LogP) is 1.82. The van der Waals surface area contributed by atoms with E-state index in [0.29, 0.717) is 22.8 Å². The molecule has 1 amide bonds. The van der Waals surface area contributed by atoms with Gasteiger partial charge in [-0.15, -0.1) is 0 Å². The van der Waals surface area contributed by atoms with E-state index in [0.717, 1.165) is 0 Å². The number of carbonyl (C=O) groups excluding carboxylic acids is 1. The van der Waals surface area contributed by atoms with Crippen LogP contribution in [0.15, 0.2) is 34.9 Å². The monoisotopic (exact) mass is 217 g/mol. The van der Waals surface area contributed by atoms with Gasteiger partial charge in [-0.3, -0.25) is 4.79 Å². The molecule has 0 saturated carbocycles. The summed E-state index contributed by atoms with van der Waals surface area (Å²) in [5.41, 5.74) is 6.61. The second-order valence-corrected chi connectivity index (χ2v) is 3.40. The van der Waals surface area contributed by atoms with Crippen molar-refractivity contribution in [2.24, 2.45) is 0 Å². The first-order valence-corrected chi connectivity index (χ1v) is 4.75. The zero-order valence-corrected chi connectivity index (χ0v) is 8.73. The molecule has 0 fully saturated rings. The number of anilines is 2. The fourth-order valence-corrected chi connectivity index (χ4v) is 1.29. The van der Waals surface area contributed by atoms with Crippen molar-refractivity contribution >= 4 is 17.4 Å². The number of hydrogen-bond donors (Lipinski definition) is 2. The fraction of sp³-hybridized carbons (Fsp3) is 0.0909. The van der Waals surface area contributed by atoms with E-state index in [4.69, 9.17) is 10.3 Å². The molecule has 1 heterocycles. The van der Waals surface area contributed by atoms with Gasteiger partial charge in [0.1, 0.15) is 5.76 Å². The molecule has 0 aliphatic heterocycles. The molecular formula is C11H11N3O2. The molecule has 82 valence electrons. The lowest BCUT2D eigenvalue weighted by Gasteiger charge is -2.01. The number of aromatic nitrogens is 1. The minimum absolute atomic E-state index is 0.263. The summed E-state index contributed by atoms with van der Waals surface area (Å²) in [6, 6.07) is 8.36. The third-order valence-electron chi connectivity index (χ3n) is 2.02. The topological polar surface area (TPSA) is 81.2 Å². The van der Waals surface area contributed by atoms with Gasteiger partial charge in [0.05, 0.1) is 0 Å². The van der Waals surface area contributed by atoms with E-state index >= 15 is 0 Å². The van der Waals surface area contributed by atoms with Gasteiger partial charge in [0, 0.05) is 17.3 Å². The van der Waals surface area contributed by atoms with Crippen LogP contribution in [-0.4, -0.2) is 11.1 Å². The van der Waals surface area contributed by atoms with Crippen LogP contribution in [0.25, 0.3) is 0 Å². The molecule has 1 aromatic heterocycles. The van der Waals surface area contributed by atoms with E-state index in [1.807, 2.05) is 0 Å². The lowest BCUT2D eigenvalue weighted by molar-refractivity contribution is 0.102. The van der Waals surface area contributed by atoms with Gasteiger partial charge >= 0.3 is 0 Å². The number of nitrogens with two attached hydrogens (primary N) is 1. The summed E-state index contributed by atoms with van der Waals surface area (Å²) < 4.78 is 4.84. The Bertz CT molecular complexity index is 519. The highest BCUT2D eigenvalue weighted by molar-refractivity contribution is 6.04. The van der Waals surface area contributed by atoms with Crippen LogP contribution >= 0.6 is 0 Å². The summed E-state index contributed by atoms with van der Waals surface area (Å²) in [6.07, 6.45) is 0. The van der Waals surface area contributed by atoms with Gasteiger partial charge < -0.3 is 15.6 Å². The molecule has 2 aromatic rings. The standard InChI is InChI=1S/C11H11N3O2/c1-7-5-10(14-16-7)13-11(15)8-3-2-4-9(12)6-8/h2-6H,12H2,1H3,(H,13,14,15). The second-order valence-electron chi connectivity index (χ2n) is 3.40. The first-order valence-electron chi connectivity index (χ1n) is 4.75. The first-order chi connectivity index (χ1) is 7.65. The molecule has 3 N–H and O–H groups in total. The summed E-state index contributed by atoms with van der Waals surface area (Å²) >= 11 is 0. The lowest BCUT2D eigenvalue weighted by atomic mass is 10.2. The zero-order valence-electron chi connectivity index (χ0n) is 8.73. The third-order valence-corrected chi connectivity index (χ3v) is 2.02. The quantitative estimate of drug-likeness (QED) is 0.752. The zero-order chi connectivity index (χ0) is 11.5. The molecule has 0 radical (unpaired) electrons. The highest BCUT2D eigenvalue weighted by Crippen LogP contribution is 2.11. The number of nitrogens with zero attached hydrogens (tertiary/aromatic N) is 1. The molecule has 0 atom stereocenters. The van der Waals surface area contributed by atoms with Gasteiger partial charge in [-0.25, -0.2) is 0 Å². The Kier molecular flexibility index (Phi) is 2.59. The summed E-state index contributed by atoms with van der Waals surface area (Å²) in [5, 5.41) is 6.27. The van der Waals surface area contributed by atoms with Crippen LogP contribution in [0.4, 0.5) is 11.5 Å². The number of nitrogens with one attached hydrogen (secondary N) is 1. The molecule has 2 rings (SSSR count). The van der Waals surface area contributed by atoms with Crippen LogP contribution in [0.1, 0.15) is 16.1 Å². The van der Waals surface area contributed by atoms with E-state index < -0.39 is 0 Å². The highest BCUT2D eigenvalue weighted by Gasteiger charge is 2.08. The maximum atomic E-state index is 11.7. The Morgan fingerprint density at radius 1 is 1.44 bits per heavy atom. The summed E-state index contributed by atoms with van der Waals surface area (Å²) in [7, 11) is 0. The van der Waals surface area contributed by atoms with Gasteiger partial charge in [-0.2, -0.15) is 0 Å². The molecule has 5 nitrogen and oxygen atoms in total. The highest BCUT2D eigenvalue weighted by atomic mass is 16.5. The van der Waals surface area contributed by atoms with Crippen LogP contribution in [0.5, 0.6) is 0 Å². The molecule has 0 saturated heterocycles. The smallest absolute Gasteiger partial charge is 0.256 e. The minimum Gasteiger partial charge on any atom is -0.399 e. The Morgan fingerprint density at radius 2 is 2.25 bits per heavy atom. The number of benzene rings is 1. The predicted molar refractivity (Wildman–Crippen MR) is 60.0 cm³/mol. The number of nitrogen functional groups attached to an aromatic ring is 1. The number of aryl methyl sites for hydroxylation is 1. The van der Waals surface area contributed by atoms with Crippen LogP contribution in [0.2, 0.25) is 0 Å². The normalized spacial score (nSPS) is 10.1. The van der Waals surface area contributed by atoms with Gasteiger partial charge in [0.2, 0.25) is 0 Å². The van der Waals surface area contributed by atoms with Crippen molar-refractivity contribution in [2.75, 3.05) is 11.1 Å². The van der Waals surface area contributed by atoms with Gasteiger partial charge in [0.25, 0.3) is 5.91 Å². The molecule has 1 aromatic carbocycles. The van der Waals surface area contributed by atoms with Crippen LogP contribution < -0.4 is 11.1 Å². The summed E-state index contributed by atoms with van der Waals surface area (Å²) in [6.45, 7) is 1.75. The molecular weight excluding hydrogens is 206 g/mol. The van der Waals surface area contributed by atoms with E-state index in [2.05, 4.69) is 10.5 Å². The van der Waals surface area contributed by atoms with Crippen molar-refractivity contribution in [3.8, 4) is 0 Å². The van der Waals surface area contributed by atoms with E-state index in [9.17, 15) is 4.79 Å². The average molecular weight is 217 g/mol. The maximum Gasteiger partial charge on any atom is 0.256 e. The van der Waals surface area contributed by atoms with Crippen molar-refractivity contribution in [1.29, 1.82) is 0 Å². The van der Waals surface area contributed by atoms with Crippen LogP contribution in [0.3, 0.4) is 0 Å². The second kappa shape index (κ2) is 4.06. The molecule has 0 spiro atoms. The number of rotatable bonds is 2.